The van der Waals surface area contributed by atoms with E-state index in [0.29, 0.717) is 5.76 Å². The third kappa shape index (κ3) is 4.23. The molecule has 102 valence electrons. The Balaban J connectivity index is 1.79. The van der Waals surface area contributed by atoms with Crippen molar-refractivity contribution in [3.05, 3.63) is 36.1 Å². The molecule has 4 heteroatoms. The van der Waals surface area contributed by atoms with Crippen molar-refractivity contribution in [2.75, 3.05) is 11.0 Å². The minimum Gasteiger partial charge on any atom is -0.451 e. The Labute approximate surface area is 126 Å². The fraction of sp³-hybridized carbons (Fsp3) is 0.400. The maximum absolute atomic E-state index is 11.9. The van der Waals surface area contributed by atoms with Gasteiger partial charge in [-0.25, -0.2) is 0 Å². The molecule has 0 unspecified atom stereocenters. The van der Waals surface area contributed by atoms with E-state index in [2.05, 4.69) is 27.9 Å². The molecule has 0 aliphatic carbocycles. The Bertz CT molecular complexity index is 503. The summed E-state index contributed by atoms with van der Waals surface area (Å²) in [4.78, 5) is 11.9. The first kappa shape index (κ1) is 14.4. The second-order valence-corrected chi connectivity index (χ2v) is 5.59. The molecule has 0 radical (unpaired) electrons. The number of carbonyl (C=O) groups is 1. The Morgan fingerprint density at radius 2 is 1.95 bits per heavy atom. The van der Waals surface area contributed by atoms with Crippen molar-refractivity contribution in [2.45, 2.75) is 25.7 Å². The van der Waals surface area contributed by atoms with Crippen LogP contribution in [0.5, 0.6) is 0 Å². The summed E-state index contributed by atoms with van der Waals surface area (Å²) in [6.07, 6.45) is 4.70. The number of alkyl halides is 1. The maximum atomic E-state index is 11.9. The highest BCUT2D eigenvalue weighted by Crippen LogP contribution is 2.18. The number of para-hydroxylation sites is 1. The van der Waals surface area contributed by atoms with E-state index in [1.165, 1.54) is 23.7 Å². The third-order valence-corrected chi connectivity index (χ3v) is 3.76. The van der Waals surface area contributed by atoms with Crippen molar-refractivity contribution in [3.8, 4) is 0 Å². The first-order chi connectivity index (χ1) is 9.31. The standard InChI is InChI=1S/C15H18INO2/c16-9-5-1-2-6-10-17-15(18)14-11-12-7-3-4-8-13(12)19-14/h3-4,7-8,11H,1-2,5-6,9-10H2,(H,17,18). The van der Waals surface area contributed by atoms with Crippen LogP contribution < -0.4 is 5.32 Å². The van der Waals surface area contributed by atoms with Crippen molar-refractivity contribution in [1.29, 1.82) is 0 Å². The van der Waals surface area contributed by atoms with Crippen LogP contribution in [-0.2, 0) is 0 Å². The third-order valence-electron chi connectivity index (χ3n) is 3.00. The molecular formula is C15H18INO2. The van der Waals surface area contributed by atoms with Crippen LogP contribution >= 0.6 is 22.6 Å². The quantitative estimate of drug-likeness (QED) is 0.451. The summed E-state index contributed by atoms with van der Waals surface area (Å²) in [5.41, 5.74) is 0.759. The van der Waals surface area contributed by atoms with Gasteiger partial charge in [0.15, 0.2) is 5.76 Å². The fourth-order valence-electron chi connectivity index (χ4n) is 1.96. The zero-order valence-corrected chi connectivity index (χ0v) is 13.0. The molecule has 19 heavy (non-hydrogen) atoms. The normalized spacial score (nSPS) is 10.8. The summed E-state index contributed by atoms with van der Waals surface area (Å²) in [6, 6.07) is 9.45. The van der Waals surface area contributed by atoms with Gasteiger partial charge in [-0.05, 0) is 29.4 Å². The number of hydrogen-bond acceptors (Lipinski definition) is 2. The van der Waals surface area contributed by atoms with E-state index in [-0.39, 0.29) is 5.91 Å². The van der Waals surface area contributed by atoms with Crippen LogP contribution in [0.2, 0.25) is 0 Å². The molecule has 2 rings (SSSR count). The average molecular weight is 371 g/mol. The van der Waals surface area contributed by atoms with Crippen molar-refractivity contribution in [2.24, 2.45) is 0 Å². The number of benzene rings is 1. The monoisotopic (exact) mass is 371 g/mol. The van der Waals surface area contributed by atoms with E-state index >= 15 is 0 Å². The summed E-state index contributed by atoms with van der Waals surface area (Å²) in [6.45, 7) is 0.719. The average Bonchev–Trinajstić information content (AvgIpc) is 2.86. The molecule has 0 bridgehead atoms. The van der Waals surface area contributed by atoms with E-state index in [0.717, 1.165) is 23.9 Å². The lowest BCUT2D eigenvalue weighted by molar-refractivity contribution is 0.0927. The van der Waals surface area contributed by atoms with Gasteiger partial charge >= 0.3 is 0 Å². The molecule has 1 aromatic heterocycles. The Morgan fingerprint density at radius 1 is 1.16 bits per heavy atom. The van der Waals surface area contributed by atoms with Crippen LogP contribution in [0.3, 0.4) is 0 Å². The molecule has 3 nitrogen and oxygen atoms in total. The van der Waals surface area contributed by atoms with Crippen LogP contribution in [0.4, 0.5) is 0 Å². The van der Waals surface area contributed by atoms with Gasteiger partial charge < -0.3 is 9.73 Å². The van der Waals surface area contributed by atoms with E-state index < -0.39 is 0 Å². The fourth-order valence-corrected chi connectivity index (χ4v) is 2.50. The second-order valence-electron chi connectivity index (χ2n) is 4.51. The van der Waals surface area contributed by atoms with Crippen LogP contribution in [0.15, 0.2) is 34.7 Å². The first-order valence-corrected chi connectivity index (χ1v) is 8.16. The molecule has 1 amide bonds. The molecule has 0 saturated carbocycles. The molecule has 0 atom stereocenters. The highest BCUT2D eigenvalue weighted by Gasteiger charge is 2.10. The van der Waals surface area contributed by atoms with E-state index in [9.17, 15) is 4.79 Å². The zero-order valence-electron chi connectivity index (χ0n) is 10.8. The van der Waals surface area contributed by atoms with Gasteiger partial charge in [-0.15, -0.1) is 0 Å². The minimum absolute atomic E-state index is 0.120. The molecule has 0 saturated heterocycles. The molecular weight excluding hydrogens is 353 g/mol. The molecule has 0 aliphatic rings. The molecule has 1 N–H and O–H groups in total. The van der Waals surface area contributed by atoms with Crippen LogP contribution in [0, 0.1) is 0 Å². The minimum atomic E-state index is -0.120. The number of rotatable bonds is 7. The van der Waals surface area contributed by atoms with Gasteiger partial charge in [0.25, 0.3) is 5.91 Å². The highest BCUT2D eigenvalue weighted by molar-refractivity contribution is 14.1. The topological polar surface area (TPSA) is 42.2 Å². The van der Waals surface area contributed by atoms with Crippen molar-refractivity contribution in [1.82, 2.24) is 5.32 Å². The number of furan rings is 1. The van der Waals surface area contributed by atoms with Crippen LogP contribution in [-0.4, -0.2) is 16.9 Å². The summed E-state index contributed by atoms with van der Waals surface area (Å²) in [5.74, 6) is 0.276. The second kappa shape index (κ2) is 7.53. The van der Waals surface area contributed by atoms with E-state index in [4.69, 9.17) is 4.42 Å². The number of unbranched alkanes of at least 4 members (excludes halogenated alkanes) is 3. The lowest BCUT2D eigenvalue weighted by Gasteiger charge is -2.02. The number of nitrogens with one attached hydrogen (secondary N) is 1. The lowest BCUT2D eigenvalue weighted by atomic mass is 10.2. The number of amides is 1. The SMILES string of the molecule is O=C(NCCCCCCI)c1cc2ccccc2o1. The molecule has 0 spiro atoms. The van der Waals surface area contributed by atoms with Crippen LogP contribution in [0.25, 0.3) is 11.0 Å². The van der Waals surface area contributed by atoms with Crippen molar-refractivity contribution < 1.29 is 9.21 Å². The van der Waals surface area contributed by atoms with Gasteiger partial charge in [-0.3, -0.25) is 4.79 Å². The smallest absolute Gasteiger partial charge is 0.287 e. The lowest BCUT2D eigenvalue weighted by Crippen LogP contribution is -2.23. The van der Waals surface area contributed by atoms with Gasteiger partial charge in [-0.2, -0.15) is 0 Å². The largest absolute Gasteiger partial charge is 0.451 e. The molecule has 2 aromatic rings. The molecule has 0 fully saturated rings. The molecule has 1 heterocycles. The number of halogens is 1. The number of carbonyl (C=O) groups excluding carboxylic acids is 1. The van der Waals surface area contributed by atoms with Gasteiger partial charge in [0.1, 0.15) is 5.58 Å². The summed E-state index contributed by atoms with van der Waals surface area (Å²) in [5, 5.41) is 3.87. The zero-order chi connectivity index (χ0) is 13.5. The molecule has 1 aromatic carbocycles. The van der Waals surface area contributed by atoms with Gasteiger partial charge in [0.05, 0.1) is 0 Å². The Hall–Kier alpha value is -1.04. The number of hydrogen-bond donors (Lipinski definition) is 1. The van der Waals surface area contributed by atoms with Crippen LogP contribution in [0.1, 0.15) is 36.2 Å². The molecule has 0 aliphatic heterocycles. The summed E-state index contributed by atoms with van der Waals surface area (Å²) >= 11 is 2.39. The summed E-state index contributed by atoms with van der Waals surface area (Å²) < 4.78 is 6.72. The van der Waals surface area contributed by atoms with E-state index in [1.807, 2.05) is 24.3 Å². The van der Waals surface area contributed by atoms with E-state index in [1.54, 1.807) is 6.07 Å². The Kier molecular flexibility index (Phi) is 5.69. The van der Waals surface area contributed by atoms with Gasteiger partial charge in [0, 0.05) is 11.9 Å². The maximum Gasteiger partial charge on any atom is 0.287 e. The predicted octanol–water partition coefficient (Wildman–Crippen LogP) is 4.16. The predicted molar refractivity (Wildman–Crippen MR) is 85.9 cm³/mol. The van der Waals surface area contributed by atoms with Gasteiger partial charge in [0.2, 0.25) is 0 Å². The van der Waals surface area contributed by atoms with Gasteiger partial charge in [-0.1, -0.05) is 53.6 Å². The Morgan fingerprint density at radius 3 is 2.74 bits per heavy atom. The van der Waals surface area contributed by atoms with Crippen molar-refractivity contribution >= 4 is 39.5 Å². The highest BCUT2D eigenvalue weighted by atomic mass is 127. The summed E-state index contributed by atoms with van der Waals surface area (Å²) in [7, 11) is 0. The first-order valence-electron chi connectivity index (χ1n) is 6.64. The number of fused-ring (bicyclic) bond motifs is 1. The van der Waals surface area contributed by atoms with Crippen molar-refractivity contribution in [3.63, 3.8) is 0 Å².